The fourth-order valence-corrected chi connectivity index (χ4v) is 2.47. The number of aryl methyl sites for hydroxylation is 2. The minimum Gasteiger partial charge on any atom is -0.306 e. The molecule has 4 nitrogen and oxygen atoms in total. The van der Waals surface area contributed by atoms with Crippen LogP contribution in [0.3, 0.4) is 0 Å². The van der Waals surface area contributed by atoms with Gasteiger partial charge in [0.2, 0.25) is 5.91 Å². The van der Waals surface area contributed by atoms with E-state index < -0.39 is 0 Å². The highest BCUT2D eigenvalue weighted by Gasteiger charge is 2.03. The Hall–Kier alpha value is -1.88. The second-order valence-electron chi connectivity index (χ2n) is 4.30. The second kappa shape index (κ2) is 6.33. The summed E-state index contributed by atoms with van der Waals surface area (Å²) in [5.74, 6) is 0.404. The summed E-state index contributed by atoms with van der Waals surface area (Å²) in [5.41, 5.74) is 1.04. The summed E-state index contributed by atoms with van der Waals surface area (Å²) >= 11 is 1.66. The van der Waals surface area contributed by atoms with Gasteiger partial charge in [0, 0.05) is 27.6 Å². The zero-order valence-electron chi connectivity index (χ0n) is 11.1. The molecule has 2 aromatic rings. The number of thiophene rings is 1. The number of aromatic amines is 1. The summed E-state index contributed by atoms with van der Waals surface area (Å²) in [6, 6.07) is 5.90. The maximum Gasteiger partial charge on any atom is 0.249 e. The van der Waals surface area contributed by atoms with Crippen molar-refractivity contribution in [3.05, 3.63) is 39.7 Å². The Morgan fingerprint density at radius 2 is 2.37 bits per heavy atom. The molecule has 0 aliphatic carbocycles. The van der Waals surface area contributed by atoms with Gasteiger partial charge in [-0.2, -0.15) is 5.10 Å². The molecule has 0 saturated carbocycles. The molecule has 1 amide bonds. The first-order chi connectivity index (χ1) is 9.17. The third kappa shape index (κ3) is 4.06. The van der Waals surface area contributed by atoms with Crippen molar-refractivity contribution in [1.29, 1.82) is 0 Å². The summed E-state index contributed by atoms with van der Waals surface area (Å²) in [5, 5.41) is 9.68. The largest absolute Gasteiger partial charge is 0.306 e. The van der Waals surface area contributed by atoms with Crippen molar-refractivity contribution >= 4 is 29.1 Å². The summed E-state index contributed by atoms with van der Waals surface area (Å²) in [6.45, 7) is 4.14. The van der Waals surface area contributed by atoms with Crippen LogP contribution in [0.2, 0.25) is 0 Å². The van der Waals surface area contributed by atoms with Gasteiger partial charge in [-0.1, -0.05) is 13.3 Å². The van der Waals surface area contributed by atoms with E-state index in [9.17, 15) is 4.79 Å². The molecule has 0 bridgehead atoms. The van der Waals surface area contributed by atoms with Crippen LogP contribution < -0.4 is 5.32 Å². The average Bonchev–Trinajstić information content (AvgIpc) is 2.97. The number of H-pyrrole nitrogens is 1. The number of amides is 1. The molecule has 5 heteroatoms. The van der Waals surface area contributed by atoms with Gasteiger partial charge < -0.3 is 5.32 Å². The molecule has 0 aromatic carbocycles. The van der Waals surface area contributed by atoms with Gasteiger partial charge in [0.05, 0.1) is 0 Å². The molecule has 0 unspecified atom stereocenters. The number of rotatable bonds is 5. The Labute approximate surface area is 116 Å². The smallest absolute Gasteiger partial charge is 0.249 e. The standard InChI is InChI=1S/C14H17N3OS/c1-3-4-11-9-13(17-16-11)15-14(18)8-7-12-6-5-10(2)19-12/h5-9H,3-4H2,1-2H3,(H2,15,16,17,18)/b8-7+. The first-order valence-corrected chi connectivity index (χ1v) is 7.09. The van der Waals surface area contributed by atoms with Crippen molar-refractivity contribution in [1.82, 2.24) is 10.2 Å². The monoisotopic (exact) mass is 275 g/mol. The molecule has 100 valence electrons. The Morgan fingerprint density at radius 3 is 3.05 bits per heavy atom. The fraction of sp³-hybridized carbons (Fsp3) is 0.286. The van der Waals surface area contributed by atoms with Crippen LogP contribution in [-0.2, 0) is 11.2 Å². The molecule has 2 N–H and O–H groups in total. The molecule has 0 spiro atoms. The highest BCUT2D eigenvalue weighted by atomic mass is 32.1. The van der Waals surface area contributed by atoms with E-state index in [4.69, 9.17) is 0 Å². The van der Waals surface area contributed by atoms with E-state index in [0.717, 1.165) is 23.4 Å². The van der Waals surface area contributed by atoms with Gasteiger partial charge in [0.15, 0.2) is 5.82 Å². The quantitative estimate of drug-likeness (QED) is 0.822. The number of nitrogens with zero attached hydrogens (tertiary/aromatic N) is 1. The summed E-state index contributed by atoms with van der Waals surface area (Å²) in [6.07, 6.45) is 5.33. The van der Waals surface area contributed by atoms with Gasteiger partial charge in [-0.25, -0.2) is 0 Å². The Kier molecular flexibility index (Phi) is 4.52. The van der Waals surface area contributed by atoms with Gasteiger partial charge in [-0.3, -0.25) is 9.89 Å². The molecule has 0 radical (unpaired) electrons. The Morgan fingerprint density at radius 1 is 1.53 bits per heavy atom. The molecule has 0 aliphatic rings. The predicted molar refractivity (Wildman–Crippen MR) is 79.3 cm³/mol. The lowest BCUT2D eigenvalue weighted by atomic mass is 10.2. The van der Waals surface area contributed by atoms with E-state index in [1.54, 1.807) is 11.3 Å². The lowest BCUT2D eigenvalue weighted by Crippen LogP contribution is -2.07. The molecule has 0 aliphatic heterocycles. The van der Waals surface area contributed by atoms with E-state index >= 15 is 0 Å². The molecule has 2 rings (SSSR count). The lowest BCUT2D eigenvalue weighted by molar-refractivity contribution is -0.111. The van der Waals surface area contributed by atoms with E-state index in [0.29, 0.717) is 5.82 Å². The maximum atomic E-state index is 11.7. The number of aromatic nitrogens is 2. The van der Waals surface area contributed by atoms with Crippen molar-refractivity contribution in [3.63, 3.8) is 0 Å². The minimum absolute atomic E-state index is 0.166. The van der Waals surface area contributed by atoms with Crippen molar-refractivity contribution < 1.29 is 4.79 Å². The van der Waals surface area contributed by atoms with Crippen LogP contribution in [-0.4, -0.2) is 16.1 Å². The Bertz CT molecular complexity index is 583. The van der Waals surface area contributed by atoms with Gasteiger partial charge >= 0.3 is 0 Å². The molecule has 2 heterocycles. The molecule has 2 aromatic heterocycles. The van der Waals surface area contributed by atoms with Gasteiger partial charge in [0.1, 0.15) is 0 Å². The molecule has 0 fully saturated rings. The normalized spacial score (nSPS) is 11.1. The number of carbonyl (C=O) groups is 1. The number of anilines is 1. The van der Waals surface area contributed by atoms with Crippen LogP contribution in [0.15, 0.2) is 24.3 Å². The molecular weight excluding hydrogens is 258 g/mol. The average molecular weight is 275 g/mol. The SMILES string of the molecule is CCCc1cc(NC(=O)/C=C/c2ccc(C)s2)n[nH]1. The van der Waals surface area contributed by atoms with Crippen LogP contribution in [0.5, 0.6) is 0 Å². The number of carbonyl (C=O) groups excluding carboxylic acids is 1. The third-order valence-electron chi connectivity index (χ3n) is 2.56. The molecule has 19 heavy (non-hydrogen) atoms. The molecule has 0 atom stereocenters. The topological polar surface area (TPSA) is 57.8 Å². The van der Waals surface area contributed by atoms with Crippen LogP contribution in [0.1, 0.15) is 28.8 Å². The first kappa shape index (κ1) is 13.5. The zero-order valence-corrected chi connectivity index (χ0v) is 11.9. The summed E-state index contributed by atoms with van der Waals surface area (Å²) < 4.78 is 0. The number of hydrogen-bond acceptors (Lipinski definition) is 3. The molecular formula is C14H17N3OS. The lowest BCUT2D eigenvalue weighted by Gasteiger charge is -1.94. The van der Waals surface area contributed by atoms with Crippen molar-refractivity contribution in [3.8, 4) is 0 Å². The number of hydrogen-bond donors (Lipinski definition) is 2. The van der Waals surface area contributed by atoms with Crippen LogP contribution >= 0.6 is 11.3 Å². The van der Waals surface area contributed by atoms with E-state index in [1.165, 1.54) is 11.0 Å². The minimum atomic E-state index is -0.166. The number of nitrogens with one attached hydrogen (secondary N) is 2. The van der Waals surface area contributed by atoms with Crippen LogP contribution in [0, 0.1) is 6.92 Å². The summed E-state index contributed by atoms with van der Waals surface area (Å²) in [7, 11) is 0. The van der Waals surface area contributed by atoms with Gasteiger partial charge in [0.25, 0.3) is 0 Å². The van der Waals surface area contributed by atoms with Crippen molar-refractivity contribution in [2.45, 2.75) is 26.7 Å². The molecule has 0 saturated heterocycles. The highest BCUT2D eigenvalue weighted by molar-refractivity contribution is 7.12. The third-order valence-corrected chi connectivity index (χ3v) is 3.53. The zero-order chi connectivity index (χ0) is 13.7. The van der Waals surface area contributed by atoms with Gasteiger partial charge in [-0.05, 0) is 31.6 Å². The second-order valence-corrected chi connectivity index (χ2v) is 5.62. The maximum absolute atomic E-state index is 11.7. The first-order valence-electron chi connectivity index (χ1n) is 6.27. The van der Waals surface area contributed by atoms with Gasteiger partial charge in [-0.15, -0.1) is 11.3 Å². The van der Waals surface area contributed by atoms with E-state index in [2.05, 4.69) is 22.4 Å². The van der Waals surface area contributed by atoms with E-state index in [1.807, 2.05) is 31.2 Å². The van der Waals surface area contributed by atoms with Crippen molar-refractivity contribution in [2.24, 2.45) is 0 Å². The highest BCUT2D eigenvalue weighted by Crippen LogP contribution is 2.16. The Balaban J connectivity index is 1.91. The fourth-order valence-electron chi connectivity index (χ4n) is 1.69. The van der Waals surface area contributed by atoms with Crippen molar-refractivity contribution in [2.75, 3.05) is 5.32 Å². The summed E-state index contributed by atoms with van der Waals surface area (Å²) in [4.78, 5) is 14.0. The van der Waals surface area contributed by atoms with E-state index in [-0.39, 0.29) is 5.91 Å². The van der Waals surface area contributed by atoms with Crippen LogP contribution in [0.25, 0.3) is 6.08 Å². The van der Waals surface area contributed by atoms with Crippen LogP contribution in [0.4, 0.5) is 5.82 Å². The predicted octanol–water partition coefficient (Wildman–Crippen LogP) is 3.38.